The minimum atomic E-state index is 0.906. The maximum Gasteiger partial charge on any atom is 0.0895 e. The zero-order chi connectivity index (χ0) is 19.7. The average Bonchev–Trinajstić information content (AvgIpc) is 2.68. The van der Waals surface area contributed by atoms with E-state index in [0.717, 1.165) is 33.9 Å². The summed E-state index contributed by atoms with van der Waals surface area (Å²) in [5, 5.41) is 0. The molecule has 4 heteroatoms. The van der Waals surface area contributed by atoms with Crippen molar-refractivity contribution in [1.29, 1.82) is 0 Å². The number of halogens is 2. The molecule has 2 aromatic carbocycles. The molecule has 2 heterocycles. The molecule has 0 N–H and O–H groups in total. The molecule has 0 unspecified atom stereocenters. The Morgan fingerprint density at radius 1 is 0.500 bits per heavy atom. The third kappa shape index (κ3) is 4.43. The lowest BCUT2D eigenvalue weighted by molar-refractivity contribution is 1.15. The van der Waals surface area contributed by atoms with Crippen molar-refractivity contribution in [2.24, 2.45) is 0 Å². The zero-order valence-corrected chi connectivity index (χ0v) is 19.9. The number of aryl methyl sites for hydroxylation is 2. The first-order valence-electron chi connectivity index (χ1n) is 8.97. The number of pyridine rings is 2. The molecular formula is C24H18I2N2. The molecule has 4 aromatic rings. The van der Waals surface area contributed by atoms with Crippen LogP contribution in [0.4, 0.5) is 0 Å². The van der Waals surface area contributed by atoms with Gasteiger partial charge in [0.15, 0.2) is 0 Å². The molecule has 0 aliphatic carbocycles. The van der Waals surface area contributed by atoms with Crippen LogP contribution in [0.15, 0.2) is 72.8 Å². The van der Waals surface area contributed by atoms with E-state index in [2.05, 4.69) is 118 Å². The van der Waals surface area contributed by atoms with Crippen LogP contribution in [-0.4, -0.2) is 9.97 Å². The van der Waals surface area contributed by atoms with Gasteiger partial charge in [0.2, 0.25) is 0 Å². The number of nitrogens with zero attached hydrogens (tertiary/aromatic N) is 2. The Labute approximate surface area is 192 Å². The van der Waals surface area contributed by atoms with E-state index in [1.165, 1.54) is 18.3 Å². The molecule has 0 radical (unpaired) electrons. The van der Waals surface area contributed by atoms with Gasteiger partial charge in [-0.05, 0) is 130 Å². The fraction of sp³-hybridized carbons (Fsp3) is 0.0833. The minimum absolute atomic E-state index is 0.906. The molecule has 0 aliphatic heterocycles. The van der Waals surface area contributed by atoms with Gasteiger partial charge in [-0.15, -0.1) is 0 Å². The van der Waals surface area contributed by atoms with Gasteiger partial charge < -0.3 is 0 Å². The monoisotopic (exact) mass is 588 g/mol. The molecule has 0 spiro atoms. The van der Waals surface area contributed by atoms with Crippen LogP contribution in [0.2, 0.25) is 0 Å². The predicted octanol–water partition coefficient (Wildman–Crippen LogP) is 7.30. The van der Waals surface area contributed by atoms with E-state index in [4.69, 9.17) is 9.97 Å². The highest BCUT2D eigenvalue weighted by Gasteiger charge is 2.09. The van der Waals surface area contributed by atoms with Crippen molar-refractivity contribution in [3.05, 3.63) is 91.3 Å². The summed E-state index contributed by atoms with van der Waals surface area (Å²) in [5.74, 6) is 0. The largest absolute Gasteiger partial charge is 0.251 e. The molecule has 0 amide bonds. The maximum absolute atomic E-state index is 4.77. The zero-order valence-electron chi connectivity index (χ0n) is 15.6. The van der Waals surface area contributed by atoms with Crippen molar-refractivity contribution in [2.75, 3.05) is 0 Å². The van der Waals surface area contributed by atoms with E-state index in [-0.39, 0.29) is 0 Å². The topological polar surface area (TPSA) is 25.8 Å². The summed E-state index contributed by atoms with van der Waals surface area (Å²) in [7, 11) is 0. The van der Waals surface area contributed by atoms with Gasteiger partial charge in [-0.3, -0.25) is 9.97 Å². The molecule has 0 saturated carbocycles. The fourth-order valence-corrected chi connectivity index (χ4v) is 3.94. The number of benzene rings is 2. The first-order chi connectivity index (χ1) is 13.5. The predicted molar refractivity (Wildman–Crippen MR) is 133 cm³/mol. The van der Waals surface area contributed by atoms with Crippen molar-refractivity contribution >= 4 is 45.2 Å². The third-order valence-corrected chi connectivity index (χ3v) is 5.96. The van der Waals surface area contributed by atoms with Crippen molar-refractivity contribution in [2.45, 2.75) is 13.8 Å². The van der Waals surface area contributed by atoms with Crippen LogP contribution in [-0.2, 0) is 0 Å². The summed E-state index contributed by atoms with van der Waals surface area (Å²) in [6.45, 7) is 4.07. The van der Waals surface area contributed by atoms with Gasteiger partial charge in [-0.1, -0.05) is 24.3 Å². The van der Waals surface area contributed by atoms with Gasteiger partial charge in [0.25, 0.3) is 0 Å². The number of rotatable bonds is 3. The second-order valence-corrected chi connectivity index (χ2v) is 9.27. The molecule has 0 bridgehead atoms. The van der Waals surface area contributed by atoms with Crippen LogP contribution in [0.1, 0.15) is 11.4 Å². The normalized spacial score (nSPS) is 10.9. The standard InChI is InChI=1S/C24H18I2N2/c1-15-11-19(17-3-7-21(25)8-4-17)13-23(27-15)24-14-20(12-16(2)28-24)18-5-9-22(26)10-6-18/h3-14H,1-2H3. The summed E-state index contributed by atoms with van der Waals surface area (Å²) in [4.78, 5) is 9.54. The number of hydrogen-bond donors (Lipinski definition) is 0. The van der Waals surface area contributed by atoms with E-state index in [1.807, 2.05) is 13.8 Å². The van der Waals surface area contributed by atoms with Gasteiger partial charge in [0, 0.05) is 18.5 Å². The Hall–Kier alpha value is -1.80. The van der Waals surface area contributed by atoms with Gasteiger partial charge in [-0.25, -0.2) is 0 Å². The van der Waals surface area contributed by atoms with Crippen LogP contribution in [0.25, 0.3) is 33.6 Å². The molecule has 138 valence electrons. The second-order valence-electron chi connectivity index (χ2n) is 6.78. The molecule has 0 aliphatic rings. The SMILES string of the molecule is Cc1cc(-c2ccc(I)cc2)cc(-c2cc(-c3ccc(I)cc3)cc(C)n2)n1. The Balaban J connectivity index is 1.80. The molecule has 0 fully saturated rings. The van der Waals surface area contributed by atoms with Gasteiger partial charge in [0.05, 0.1) is 11.4 Å². The summed E-state index contributed by atoms with van der Waals surface area (Å²) in [5.41, 5.74) is 8.51. The Kier molecular flexibility index (Phi) is 5.78. The van der Waals surface area contributed by atoms with E-state index in [0.29, 0.717) is 0 Å². The van der Waals surface area contributed by atoms with E-state index >= 15 is 0 Å². The highest BCUT2D eigenvalue weighted by atomic mass is 127. The van der Waals surface area contributed by atoms with Crippen LogP contribution in [0.3, 0.4) is 0 Å². The lowest BCUT2D eigenvalue weighted by atomic mass is 10.0. The van der Waals surface area contributed by atoms with E-state index < -0.39 is 0 Å². The highest BCUT2D eigenvalue weighted by molar-refractivity contribution is 14.1. The van der Waals surface area contributed by atoms with E-state index in [1.54, 1.807) is 0 Å². The van der Waals surface area contributed by atoms with Crippen LogP contribution in [0, 0.1) is 21.0 Å². The maximum atomic E-state index is 4.77. The summed E-state index contributed by atoms with van der Waals surface area (Å²) in [6, 6.07) is 25.7. The molecule has 0 atom stereocenters. The Bertz CT molecular complexity index is 1040. The van der Waals surface area contributed by atoms with Crippen molar-refractivity contribution in [1.82, 2.24) is 9.97 Å². The molecule has 2 nitrogen and oxygen atoms in total. The highest BCUT2D eigenvalue weighted by Crippen LogP contribution is 2.29. The second kappa shape index (κ2) is 8.29. The first-order valence-corrected chi connectivity index (χ1v) is 11.1. The van der Waals surface area contributed by atoms with Crippen LogP contribution >= 0.6 is 45.2 Å². The molecule has 28 heavy (non-hydrogen) atoms. The molecular weight excluding hydrogens is 570 g/mol. The lowest BCUT2D eigenvalue weighted by Crippen LogP contribution is -1.95. The van der Waals surface area contributed by atoms with Gasteiger partial charge in [0.1, 0.15) is 0 Å². The number of aromatic nitrogens is 2. The van der Waals surface area contributed by atoms with Gasteiger partial charge >= 0.3 is 0 Å². The summed E-state index contributed by atoms with van der Waals surface area (Å²) in [6.07, 6.45) is 0. The summed E-state index contributed by atoms with van der Waals surface area (Å²) < 4.78 is 2.46. The van der Waals surface area contributed by atoms with Crippen LogP contribution < -0.4 is 0 Å². The van der Waals surface area contributed by atoms with E-state index in [9.17, 15) is 0 Å². The van der Waals surface area contributed by atoms with Crippen molar-refractivity contribution in [3.63, 3.8) is 0 Å². The third-order valence-electron chi connectivity index (χ3n) is 4.52. The molecule has 4 rings (SSSR count). The van der Waals surface area contributed by atoms with Gasteiger partial charge in [-0.2, -0.15) is 0 Å². The Morgan fingerprint density at radius 2 is 0.857 bits per heavy atom. The fourth-order valence-electron chi connectivity index (χ4n) is 3.22. The molecule has 0 saturated heterocycles. The smallest absolute Gasteiger partial charge is 0.0895 e. The minimum Gasteiger partial charge on any atom is -0.251 e. The Morgan fingerprint density at radius 3 is 1.21 bits per heavy atom. The average molecular weight is 588 g/mol. The van der Waals surface area contributed by atoms with Crippen molar-refractivity contribution in [3.8, 4) is 33.6 Å². The first kappa shape index (κ1) is 19.5. The lowest BCUT2D eigenvalue weighted by Gasteiger charge is -2.10. The number of hydrogen-bond acceptors (Lipinski definition) is 2. The molecule has 2 aromatic heterocycles. The van der Waals surface area contributed by atoms with Crippen molar-refractivity contribution < 1.29 is 0 Å². The van der Waals surface area contributed by atoms with Crippen LogP contribution in [0.5, 0.6) is 0 Å². The summed E-state index contributed by atoms with van der Waals surface area (Å²) >= 11 is 4.66. The quantitative estimate of drug-likeness (QED) is 0.235.